The molecule has 0 amide bonds. The average molecular weight is 415 g/mol. The van der Waals surface area contributed by atoms with E-state index < -0.39 is 15.6 Å². The van der Waals surface area contributed by atoms with Gasteiger partial charge in [-0.3, -0.25) is 4.79 Å². The highest BCUT2D eigenvalue weighted by atomic mass is 32.2. The number of sulfonamides is 1. The zero-order valence-electron chi connectivity index (χ0n) is 16.2. The standard InChI is InChI=1S/C18H21N7O3S/c1-12-6-4-5-7-14(12)20-18-22-15(21-17(19)23-18)11-25-10-13(8-9-16(25)26)29(27,28)24(2)3/h4-10H,11H2,1-3H3,(H3,19,20,21,22,23). The van der Waals surface area contributed by atoms with Crippen LogP contribution in [0.3, 0.4) is 0 Å². The minimum Gasteiger partial charge on any atom is -0.368 e. The second-order valence-corrected chi connectivity index (χ2v) is 8.64. The summed E-state index contributed by atoms with van der Waals surface area (Å²) in [5.74, 6) is 0.429. The Morgan fingerprint density at radius 2 is 1.83 bits per heavy atom. The van der Waals surface area contributed by atoms with Crippen molar-refractivity contribution < 1.29 is 8.42 Å². The second-order valence-electron chi connectivity index (χ2n) is 6.49. The summed E-state index contributed by atoms with van der Waals surface area (Å²) in [4.78, 5) is 24.6. The van der Waals surface area contributed by atoms with Crippen molar-refractivity contribution in [1.29, 1.82) is 0 Å². The summed E-state index contributed by atoms with van der Waals surface area (Å²) in [6.07, 6.45) is 1.26. The zero-order valence-corrected chi connectivity index (χ0v) is 17.0. The van der Waals surface area contributed by atoms with E-state index in [0.29, 0.717) is 0 Å². The number of nitrogens with zero attached hydrogens (tertiary/aromatic N) is 5. The van der Waals surface area contributed by atoms with Gasteiger partial charge < -0.3 is 15.6 Å². The molecule has 0 bridgehead atoms. The number of para-hydroxylation sites is 1. The number of nitrogens with two attached hydrogens (primary N) is 1. The predicted octanol–water partition coefficient (Wildman–Crippen LogP) is 0.966. The minimum absolute atomic E-state index is 0.0117. The van der Waals surface area contributed by atoms with Crippen LogP contribution in [0, 0.1) is 6.92 Å². The molecule has 2 aromatic heterocycles. The SMILES string of the molecule is Cc1ccccc1Nc1nc(N)nc(Cn2cc(S(=O)(=O)N(C)C)ccc2=O)n1. The van der Waals surface area contributed by atoms with Gasteiger partial charge in [0.25, 0.3) is 5.56 Å². The number of nitrogens with one attached hydrogen (secondary N) is 1. The van der Waals surface area contributed by atoms with E-state index in [1.807, 2.05) is 31.2 Å². The molecule has 2 heterocycles. The molecule has 0 saturated heterocycles. The number of hydrogen-bond donors (Lipinski definition) is 2. The molecule has 0 aliphatic heterocycles. The van der Waals surface area contributed by atoms with E-state index in [0.717, 1.165) is 15.6 Å². The van der Waals surface area contributed by atoms with E-state index >= 15 is 0 Å². The largest absolute Gasteiger partial charge is 0.368 e. The molecule has 0 aliphatic carbocycles. The average Bonchev–Trinajstić information content (AvgIpc) is 2.64. The Labute approximate surface area is 168 Å². The van der Waals surface area contributed by atoms with Crippen LogP contribution in [0.2, 0.25) is 0 Å². The Balaban J connectivity index is 1.94. The van der Waals surface area contributed by atoms with Crippen LogP contribution < -0.4 is 16.6 Å². The zero-order chi connectivity index (χ0) is 21.2. The number of anilines is 3. The van der Waals surface area contributed by atoms with Gasteiger partial charge in [0.1, 0.15) is 0 Å². The number of pyridine rings is 1. The van der Waals surface area contributed by atoms with Crippen LogP contribution in [0.15, 0.2) is 52.3 Å². The van der Waals surface area contributed by atoms with Crippen molar-refractivity contribution in [2.75, 3.05) is 25.1 Å². The number of aryl methyl sites for hydroxylation is 1. The first-order valence-electron chi connectivity index (χ1n) is 8.63. The van der Waals surface area contributed by atoms with E-state index in [9.17, 15) is 13.2 Å². The molecule has 0 spiro atoms. The Morgan fingerprint density at radius 3 is 2.52 bits per heavy atom. The fourth-order valence-electron chi connectivity index (χ4n) is 2.55. The van der Waals surface area contributed by atoms with Crippen LogP contribution in [-0.2, 0) is 16.6 Å². The molecule has 29 heavy (non-hydrogen) atoms. The van der Waals surface area contributed by atoms with Crippen LogP contribution in [0.5, 0.6) is 0 Å². The molecule has 0 fully saturated rings. The summed E-state index contributed by atoms with van der Waals surface area (Å²) in [5.41, 5.74) is 7.19. The summed E-state index contributed by atoms with van der Waals surface area (Å²) in [7, 11) is -0.852. The molecule has 0 aliphatic rings. The number of nitrogen functional groups attached to an aromatic ring is 1. The van der Waals surface area contributed by atoms with Crippen molar-refractivity contribution in [3.8, 4) is 0 Å². The molecule has 0 atom stereocenters. The molecule has 0 unspecified atom stereocenters. The molecule has 3 rings (SSSR count). The first kappa shape index (κ1) is 20.4. The van der Waals surface area contributed by atoms with E-state index in [1.165, 1.54) is 37.0 Å². The molecule has 10 nitrogen and oxygen atoms in total. The van der Waals surface area contributed by atoms with Gasteiger partial charge in [-0.15, -0.1) is 0 Å². The summed E-state index contributed by atoms with van der Waals surface area (Å²) in [6.45, 7) is 1.87. The maximum absolute atomic E-state index is 12.3. The lowest BCUT2D eigenvalue weighted by Gasteiger charge is -2.13. The van der Waals surface area contributed by atoms with E-state index in [4.69, 9.17) is 5.73 Å². The monoisotopic (exact) mass is 415 g/mol. The van der Waals surface area contributed by atoms with Crippen LogP contribution >= 0.6 is 0 Å². The van der Waals surface area contributed by atoms with Crippen molar-refractivity contribution in [1.82, 2.24) is 23.8 Å². The lowest BCUT2D eigenvalue weighted by atomic mass is 10.2. The van der Waals surface area contributed by atoms with Crippen LogP contribution in [0.1, 0.15) is 11.4 Å². The highest BCUT2D eigenvalue weighted by molar-refractivity contribution is 7.89. The van der Waals surface area contributed by atoms with Crippen molar-refractivity contribution in [2.24, 2.45) is 0 Å². The summed E-state index contributed by atoms with van der Waals surface area (Å²) in [5, 5.41) is 3.07. The summed E-state index contributed by atoms with van der Waals surface area (Å²) in [6, 6.07) is 10.0. The lowest BCUT2D eigenvalue weighted by Crippen LogP contribution is -2.26. The van der Waals surface area contributed by atoms with Crippen LogP contribution in [0.25, 0.3) is 0 Å². The summed E-state index contributed by atoms with van der Waals surface area (Å²) >= 11 is 0. The normalized spacial score (nSPS) is 11.6. The van der Waals surface area contributed by atoms with Crippen molar-refractivity contribution in [2.45, 2.75) is 18.4 Å². The molecule has 11 heteroatoms. The van der Waals surface area contributed by atoms with Crippen molar-refractivity contribution in [3.63, 3.8) is 0 Å². The Bertz CT molecular complexity index is 1210. The van der Waals surface area contributed by atoms with Crippen LogP contribution in [-0.4, -0.2) is 46.3 Å². The molecule has 0 radical (unpaired) electrons. The Kier molecular flexibility index (Phi) is 5.62. The topological polar surface area (TPSA) is 136 Å². The molecule has 0 saturated carbocycles. The van der Waals surface area contributed by atoms with Gasteiger partial charge in [-0.05, 0) is 24.6 Å². The molecule has 1 aromatic carbocycles. The molecule has 3 N–H and O–H groups in total. The molecule has 3 aromatic rings. The van der Waals surface area contributed by atoms with E-state index in [1.54, 1.807) is 0 Å². The van der Waals surface area contributed by atoms with Crippen LogP contribution in [0.4, 0.5) is 17.6 Å². The van der Waals surface area contributed by atoms with Gasteiger partial charge in [0, 0.05) is 32.0 Å². The molecule has 152 valence electrons. The van der Waals surface area contributed by atoms with Gasteiger partial charge >= 0.3 is 0 Å². The maximum atomic E-state index is 12.3. The number of benzene rings is 1. The first-order chi connectivity index (χ1) is 13.7. The number of aromatic nitrogens is 4. The van der Waals surface area contributed by atoms with Gasteiger partial charge in [-0.2, -0.15) is 15.0 Å². The molecular weight excluding hydrogens is 394 g/mol. The van der Waals surface area contributed by atoms with Gasteiger partial charge in [0.2, 0.25) is 21.9 Å². The first-order valence-corrected chi connectivity index (χ1v) is 10.1. The fraction of sp³-hybridized carbons (Fsp3) is 0.222. The quantitative estimate of drug-likeness (QED) is 0.608. The van der Waals surface area contributed by atoms with Crippen molar-refractivity contribution >= 4 is 27.6 Å². The van der Waals surface area contributed by atoms with Gasteiger partial charge in [0.15, 0.2) is 5.82 Å². The number of hydrogen-bond acceptors (Lipinski definition) is 8. The number of rotatable bonds is 6. The third-order valence-electron chi connectivity index (χ3n) is 4.14. The van der Waals surface area contributed by atoms with Gasteiger partial charge in [-0.25, -0.2) is 12.7 Å². The minimum atomic E-state index is -3.69. The van der Waals surface area contributed by atoms with E-state index in [-0.39, 0.29) is 29.2 Å². The predicted molar refractivity (Wildman–Crippen MR) is 109 cm³/mol. The Hall–Kier alpha value is -3.31. The third kappa shape index (κ3) is 4.58. The van der Waals surface area contributed by atoms with Gasteiger partial charge in [0.05, 0.1) is 11.4 Å². The fourth-order valence-corrected chi connectivity index (χ4v) is 3.47. The van der Waals surface area contributed by atoms with Crippen molar-refractivity contribution in [3.05, 3.63) is 64.3 Å². The summed E-state index contributed by atoms with van der Waals surface area (Å²) < 4.78 is 26.9. The van der Waals surface area contributed by atoms with Gasteiger partial charge in [-0.1, -0.05) is 18.2 Å². The smallest absolute Gasteiger partial charge is 0.251 e. The third-order valence-corrected chi connectivity index (χ3v) is 5.94. The highest BCUT2D eigenvalue weighted by Crippen LogP contribution is 2.18. The lowest BCUT2D eigenvalue weighted by molar-refractivity contribution is 0.518. The van der Waals surface area contributed by atoms with E-state index in [2.05, 4.69) is 20.3 Å². The second kappa shape index (κ2) is 7.97. The highest BCUT2D eigenvalue weighted by Gasteiger charge is 2.18. The molecular formula is C18H21N7O3S. The Morgan fingerprint density at radius 1 is 1.10 bits per heavy atom. The maximum Gasteiger partial charge on any atom is 0.251 e.